The predicted octanol–water partition coefficient (Wildman–Crippen LogP) is 2.59. The van der Waals surface area contributed by atoms with Gasteiger partial charge in [0.15, 0.2) is 0 Å². The highest BCUT2D eigenvalue weighted by Crippen LogP contribution is 2.16. The summed E-state index contributed by atoms with van der Waals surface area (Å²) in [5, 5.41) is 9.84. The summed E-state index contributed by atoms with van der Waals surface area (Å²) in [6, 6.07) is 15.1. The zero-order valence-electron chi connectivity index (χ0n) is 13.8. The summed E-state index contributed by atoms with van der Waals surface area (Å²) < 4.78 is 1.91. The van der Waals surface area contributed by atoms with E-state index in [0.717, 1.165) is 11.3 Å². The average molecular weight is 344 g/mol. The minimum absolute atomic E-state index is 0.222. The number of benzene rings is 1. The number of nitrogens with one attached hydrogen (secondary N) is 2. The molecule has 7 heteroatoms. The van der Waals surface area contributed by atoms with Gasteiger partial charge in [0, 0.05) is 25.1 Å². The summed E-state index contributed by atoms with van der Waals surface area (Å²) in [4.78, 5) is 20.7. The molecule has 0 aliphatic heterocycles. The maximum Gasteiger partial charge on any atom is 0.269 e. The fourth-order valence-corrected chi connectivity index (χ4v) is 2.67. The van der Waals surface area contributed by atoms with Gasteiger partial charge in [-0.15, -0.1) is 0 Å². The van der Waals surface area contributed by atoms with E-state index in [4.69, 9.17) is 0 Å². The van der Waals surface area contributed by atoms with Crippen LogP contribution in [0.2, 0.25) is 0 Å². The number of imidazole rings is 1. The van der Waals surface area contributed by atoms with Crippen LogP contribution in [0.4, 0.5) is 0 Å². The number of rotatable bonds is 5. The number of H-pyrrole nitrogens is 1. The van der Waals surface area contributed by atoms with Crippen LogP contribution in [0.25, 0.3) is 17.1 Å². The highest BCUT2D eigenvalue weighted by atomic mass is 16.1. The Morgan fingerprint density at radius 3 is 2.77 bits per heavy atom. The second-order valence-electron chi connectivity index (χ2n) is 5.66. The molecule has 0 atom stereocenters. The molecule has 0 saturated carbocycles. The van der Waals surface area contributed by atoms with Crippen LogP contribution < -0.4 is 5.32 Å². The number of amides is 1. The van der Waals surface area contributed by atoms with Crippen molar-refractivity contribution in [1.29, 1.82) is 0 Å². The smallest absolute Gasteiger partial charge is 0.269 e. The standard InChI is InChI=1S/C19H16N6O/c26-19(17-11-16(23-24-17)15-6-3-4-8-21-15)22-12-14-5-1-2-7-18(14)25-10-9-20-13-25/h1-11,13H,12H2,(H,22,26)(H,23,24). The summed E-state index contributed by atoms with van der Waals surface area (Å²) >= 11 is 0. The first kappa shape index (κ1) is 15.8. The van der Waals surface area contributed by atoms with E-state index in [9.17, 15) is 4.79 Å². The average Bonchev–Trinajstić information content (AvgIpc) is 3.39. The lowest BCUT2D eigenvalue weighted by atomic mass is 10.1. The summed E-state index contributed by atoms with van der Waals surface area (Å²) in [6.07, 6.45) is 7.01. The van der Waals surface area contributed by atoms with Crippen molar-refractivity contribution in [3.8, 4) is 17.1 Å². The lowest BCUT2D eigenvalue weighted by Crippen LogP contribution is -2.23. The third-order valence-corrected chi connectivity index (χ3v) is 3.96. The molecule has 0 fully saturated rings. The molecule has 4 aromatic rings. The van der Waals surface area contributed by atoms with Gasteiger partial charge in [-0.05, 0) is 29.8 Å². The predicted molar refractivity (Wildman–Crippen MR) is 96.6 cm³/mol. The SMILES string of the molecule is O=C(NCc1ccccc1-n1ccnc1)c1cc(-c2ccccn2)n[nH]1. The monoisotopic (exact) mass is 344 g/mol. The molecule has 0 bridgehead atoms. The molecular formula is C19H16N6O. The Kier molecular flexibility index (Phi) is 4.26. The van der Waals surface area contributed by atoms with Crippen LogP contribution in [0.3, 0.4) is 0 Å². The van der Waals surface area contributed by atoms with Crippen LogP contribution >= 0.6 is 0 Å². The van der Waals surface area contributed by atoms with Crippen molar-refractivity contribution in [2.75, 3.05) is 0 Å². The molecule has 0 unspecified atom stereocenters. The Hall–Kier alpha value is -3.74. The maximum absolute atomic E-state index is 12.4. The molecular weight excluding hydrogens is 328 g/mol. The first-order chi connectivity index (χ1) is 12.8. The number of carbonyl (C=O) groups is 1. The van der Waals surface area contributed by atoms with Gasteiger partial charge < -0.3 is 9.88 Å². The molecule has 1 aromatic carbocycles. The molecule has 3 heterocycles. The van der Waals surface area contributed by atoms with E-state index in [1.165, 1.54) is 0 Å². The summed E-state index contributed by atoms with van der Waals surface area (Å²) in [6.45, 7) is 0.394. The van der Waals surface area contributed by atoms with Gasteiger partial charge in [0.05, 0.1) is 17.7 Å². The largest absolute Gasteiger partial charge is 0.347 e. The fraction of sp³-hybridized carbons (Fsp3) is 0.0526. The molecule has 7 nitrogen and oxygen atoms in total. The van der Waals surface area contributed by atoms with Gasteiger partial charge in [-0.2, -0.15) is 5.10 Å². The summed E-state index contributed by atoms with van der Waals surface area (Å²) in [5.74, 6) is -0.222. The highest BCUT2D eigenvalue weighted by molar-refractivity contribution is 5.93. The van der Waals surface area contributed by atoms with Crippen molar-refractivity contribution in [2.24, 2.45) is 0 Å². The normalized spacial score (nSPS) is 10.6. The molecule has 0 spiro atoms. The second-order valence-corrected chi connectivity index (χ2v) is 5.66. The van der Waals surface area contributed by atoms with Gasteiger partial charge in [-0.3, -0.25) is 14.9 Å². The molecule has 4 rings (SSSR count). The topological polar surface area (TPSA) is 88.5 Å². The van der Waals surface area contributed by atoms with Crippen LogP contribution in [0.15, 0.2) is 73.4 Å². The zero-order valence-corrected chi connectivity index (χ0v) is 13.8. The summed E-state index contributed by atoms with van der Waals surface area (Å²) in [5.41, 5.74) is 3.71. The van der Waals surface area contributed by atoms with Crippen LogP contribution in [-0.2, 0) is 6.54 Å². The van der Waals surface area contributed by atoms with E-state index >= 15 is 0 Å². The number of para-hydroxylation sites is 1. The van der Waals surface area contributed by atoms with Gasteiger partial charge in [-0.25, -0.2) is 4.98 Å². The van der Waals surface area contributed by atoms with E-state index in [0.29, 0.717) is 23.6 Å². The summed E-state index contributed by atoms with van der Waals surface area (Å²) in [7, 11) is 0. The van der Waals surface area contributed by atoms with Crippen molar-refractivity contribution in [1.82, 2.24) is 30.0 Å². The first-order valence-electron chi connectivity index (χ1n) is 8.12. The molecule has 3 aromatic heterocycles. The third-order valence-electron chi connectivity index (χ3n) is 3.96. The van der Waals surface area contributed by atoms with E-state index in [1.807, 2.05) is 53.2 Å². The number of aromatic amines is 1. The number of hydrogen-bond acceptors (Lipinski definition) is 4. The van der Waals surface area contributed by atoms with Crippen LogP contribution in [0.5, 0.6) is 0 Å². The van der Waals surface area contributed by atoms with Crippen molar-refractivity contribution < 1.29 is 4.79 Å². The van der Waals surface area contributed by atoms with Gasteiger partial charge in [0.1, 0.15) is 11.4 Å². The number of pyridine rings is 1. The highest BCUT2D eigenvalue weighted by Gasteiger charge is 2.12. The lowest BCUT2D eigenvalue weighted by molar-refractivity contribution is 0.0946. The second kappa shape index (κ2) is 7.02. The zero-order chi connectivity index (χ0) is 17.8. The fourth-order valence-electron chi connectivity index (χ4n) is 2.67. The molecule has 0 radical (unpaired) electrons. The van der Waals surface area contributed by atoms with Crippen LogP contribution in [0, 0.1) is 0 Å². The van der Waals surface area contributed by atoms with Crippen LogP contribution in [0.1, 0.15) is 16.1 Å². The Morgan fingerprint density at radius 1 is 1.08 bits per heavy atom. The molecule has 0 aliphatic carbocycles. The first-order valence-corrected chi connectivity index (χ1v) is 8.12. The van der Waals surface area contributed by atoms with Crippen molar-refractivity contribution in [2.45, 2.75) is 6.54 Å². The molecule has 0 saturated heterocycles. The molecule has 1 amide bonds. The van der Waals surface area contributed by atoms with Gasteiger partial charge >= 0.3 is 0 Å². The molecule has 0 aliphatic rings. The number of carbonyl (C=O) groups excluding carboxylic acids is 1. The Balaban J connectivity index is 1.48. The Morgan fingerprint density at radius 2 is 1.96 bits per heavy atom. The Bertz CT molecular complexity index is 1010. The van der Waals surface area contributed by atoms with Crippen molar-refractivity contribution >= 4 is 5.91 Å². The van der Waals surface area contributed by atoms with Gasteiger partial charge in [-0.1, -0.05) is 24.3 Å². The molecule has 26 heavy (non-hydrogen) atoms. The quantitative estimate of drug-likeness (QED) is 0.582. The molecule has 2 N–H and O–H groups in total. The Labute approximate surface area is 149 Å². The van der Waals surface area contributed by atoms with E-state index in [1.54, 1.807) is 24.8 Å². The molecule has 128 valence electrons. The maximum atomic E-state index is 12.4. The van der Waals surface area contributed by atoms with Crippen molar-refractivity contribution in [3.05, 3.63) is 84.7 Å². The number of nitrogens with zero attached hydrogens (tertiary/aromatic N) is 4. The van der Waals surface area contributed by atoms with E-state index in [-0.39, 0.29) is 5.91 Å². The lowest BCUT2D eigenvalue weighted by Gasteiger charge is -2.10. The number of aromatic nitrogens is 5. The minimum Gasteiger partial charge on any atom is -0.347 e. The minimum atomic E-state index is -0.222. The third kappa shape index (κ3) is 3.23. The van der Waals surface area contributed by atoms with Crippen molar-refractivity contribution in [3.63, 3.8) is 0 Å². The van der Waals surface area contributed by atoms with E-state index < -0.39 is 0 Å². The van der Waals surface area contributed by atoms with Gasteiger partial charge in [0.2, 0.25) is 0 Å². The van der Waals surface area contributed by atoms with E-state index in [2.05, 4.69) is 25.5 Å². The number of hydrogen-bond donors (Lipinski definition) is 2. The van der Waals surface area contributed by atoms with Gasteiger partial charge in [0.25, 0.3) is 5.91 Å². The van der Waals surface area contributed by atoms with Crippen LogP contribution in [-0.4, -0.2) is 30.6 Å².